The maximum atomic E-state index is 6.65. The van der Waals surface area contributed by atoms with Gasteiger partial charge in [-0.05, 0) is 92.5 Å². The molecule has 0 fully saturated rings. The quantitative estimate of drug-likeness (QED) is 0.169. The predicted octanol–water partition coefficient (Wildman–Crippen LogP) is 15.2. The summed E-state index contributed by atoms with van der Waals surface area (Å²) in [6.45, 7) is 2.36. The monoisotopic (exact) mass is 778 g/mol. The molecule has 0 aliphatic heterocycles. The number of aromatic nitrogens is 2. The van der Waals surface area contributed by atoms with Crippen molar-refractivity contribution >= 4 is 32.7 Å². The van der Waals surface area contributed by atoms with Crippen LogP contribution in [0.3, 0.4) is 0 Å². The third-order valence-corrected chi connectivity index (χ3v) is 12.8. The van der Waals surface area contributed by atoms with Gasteiger partial charge in [0.15, 0.2) is 5.82 Å². The SMILES string of the molecule is CC1(c2ccccc2)c2ccccc2-c2c(-c3cc(-c4cc(-c5cccc6ccccc56)cc(-c5cccc6c5oc5ccccc56)c4)nc(-c4ccccc4)n3)cccc21. The van der Waals surface area contributed by atoms with Gasteiger partial charge in [0.05, 0.1) is 11.4 Å². The maximum absolute atomic E-state index is 6.65. The van der Waals surface area contributed by atoms with Crippen LogP contribution in [0, 0.1) is 0 Å². The summed E-state index contributed by atoms with van der Waals surface area (Å²) in [5.74, 6) is 0.680. The van der Waals surface area contributed by atoms with Crippen molar-refractivity contribution in [2.45, 2.75) is 12.3 Å². The van der Waals surface area contributed by atoms with Crippen molar-refractivity contribution in [2.24, 2.45) is 0 Å². The van der Waals surface area contributed by atoms with Gasteiger partial charge in [0.1, 0.15) is 11.2 Å². The zero-order valence-corrected chi connectivity index (χ0v) is 33.5. The van der Waals surface area contributed by atoms with Gasteiger partial charge in [-0.1, -0.05) is 182 Å². The lowest BCUT2D eigenvalue weighted by Crippen LogP contribution is -2.22. The third-order valence-electron chi connectivity index (χ3n) is 12.8. The molecule has 0 amide bonds. The van der Waals surface area contributed by atoms with Crippen molar-refractivity contribution in [1.29, 1.82) is 0 Å². The second kappa shape index (κ2) is 13.9. The van der Waals surface area contributed by atoms with Crippen LogP contribution in [0.4, 0.5) is 0 Å². The number of fused-ring (bicyclic) bond motifs is 7. The number of rotatable bonds is 6. The number of nitrogens with zero attached hydrogens (tertiary/aromatic N) is 2. The Morgan fingerprint density at radius 3 is 1.84 bits per heavy atom. The van der Waals surface area contributed by atoms with Crippen molar-refractivity contribution in [3.05, 3.63) is 229 Å². The molecule has 0 spiro atoms. The Morgan fingerprint density at radius 2 is 0.967 bits per heavy atom. The van der Waals surface area contributed by atoms with Gasteiger partial charge in [-0.2, -0.15) is 0 Å². The van der Waals surface area contributed by atoms with Gasteiger partial charge < -0.3 is 4.42 Å². The molecule has 9 aromatic carbocycles. The Labute approximate surface area is 354 Å². The first-order valence-electron chi connectivity index (χ1n) is 20.9. The molecule has 61 heavy (non-hydrogen) atoms. The van der Waals surface area contributed by atoms with E-state index in [2.05, 4.69) is 201 Å². The molecular weight excluding hydrogens is 741 g/mol. The Bertz CT molecular complexity index is 3490. The molecule has 1 aliphatic rings. The van der Waals surface area contributed by atoms with Crippen molar-refractivity contribution < 1.29 is 4.42 Å². The van der Waals surface area contributed by atoms with Crippen molar-refractivity contribution in [1.82, 2.24) is 9.97 Å². The van der Waals surface area contributed by atoms with Gasteiger partial charge in [-0.3, -0.25) is 0 Å². The van der Waals surface area contributed by atoms with Gasteiger partial charge in [-0.25, -0.2) is 9.97 Å². The summed E-state index contributed by atoms with van der Waals surface area (Å²) in [6.07, 6.45) is 0. The molecule has 1 unspecified atom stereocenters. The van der Waals surface area contributed by atoms with Crippen LogP contribution in [0.2, 0.25) is 0 Å². The molecule has 286 valence electrons. The molecule has 0 bridgehead atoms. The summed E-state index contributed by atoms with van der Waals surface area (Å²) in [5, 5.41) is 4.60. The molecular formula is C58H38N2O. The molecule has 2 heterocycles. The van der Waals surface area contributed by atoms with E-state index in [4.69, 9.17) is 14.4 Å². The smallest absolute Gasteiger partial charge is 0.160 e. The molecule has 1 aliphatic carbocycles. The highest BCUT2D eigenvalue weighted by molar-refractivity contribution is 6.10. The zero-order chi connectivity index (χ0) is 40.5. The van der Waals surface area contributed by atoms with Crippen molar-refractivity contribution in [3.63, 3.8) is 0 Å². The van der Waals surface area contributed by atoms with Gasteiger partial charge in [0.2, 0.25) is 0 Å². The van der Waals surface area contributed by atoms with Crippen LogP contribution in [0.25, 0.3) is 100.0 Å². The van der Waals surface area contributed by atoms with E-state index in [1.54, 1.807) is 0 Å². The minimum Gasteiger partial charge on any atom is -0.455 e. The van der Waals surface area contributed by atoms with E-state index in [1.807, 2.05) is 18.2 Å². The summed E-state index contributed by atoms with van der Waals surface area (Å²) in [6, 6.07) is 75.8. The first kappa shape index (κ1) is 35.1. The highest BCUT2D eigenvalue weighted by Gasteiger charge is 2.41. The lowest BCUT2D eigenvalue weighted by Gasteiger charge is -2.28. The number of furan rings is 1. The molecule has 0 radical (unpaired) electrons. The Hall–Kier alpha value is -7.88. The lowest BCUT2D eigenvalue weighted by atomic mass is 9.74. The summed E-state index contributed by atoms with van der Waals surface area (Å²) < 4.78 is 6.65. The second-order valence-electron chi connectivity index (χ2n) is 16.2. The van der Waals surface area contributed by atoms with Crippen LogP contribution in [0.15, 0.2) is 217 Å². The average Bonchev–Trinajstić information content (AvgIpc) is 3.85. The molecule has 12 rings (SSSR count). The van der Waals surface area contributed by atoms with E-state index in [9.17, 15) is 0 Å². The van der Waals surface area contributed by atoms with Crippen LogP contribution in [-0.2, 0) is 5.41 Å². The van der Waals surface area contributed by atoms with Crippen LogP contribution in [0.1, 0.15) is 23.6 Å². The molecule has 2 aromatic heterocycles. The first-order chi connectivity index (χ1) is 30.1. The lowest BCUT2D eigenvalue weighted by molar-refractivity contribution is 0.670. The number of benzene rings is 9. The molecule has 1 atom stereocenters. The number of hydrogen-bond donors (Lipinski definition) is 0. The molecule has 11 aromatic rings. The zero-order valence-electron chi connectivity index (χ0n) is 33.5. The van der Waals surface area contributed by atoms with Gasteiger partial charge in [0.25, 0.3) is 0 Å². The molecule has 0 saturated heterocycles. The van der Waals surface area contributed by atoms with Crippen molar-refractivity contribution in [3.8, 4) is 67.3 Å². The van der Waals surface area contributed by atoms with Crippen LogP contribution < -0.4 is 0 Å². The van der Waals surface area contributed by atoms with Crippen LogP contribution >= 0.6 is 0 Å². The molecule has 0 N–H and O–H groups in total. The minimum absolute atomic E-state index is 0.333. The summed E-state index contributed by atoms with van der Waals surface area (Å²) in [4.78, 5) is 10.8. The molecule has 3 nitrogen and oxygen atoms in total. The summed E-state index contributed by atoms with van der Waals surface area (Å²) >= 11 is 0. The van der Waals surface area contributed by atoms with Gasteiger partial charge in [0, 0.05) is 38.4 Å². The normalized spacial score (nSPS) is 14.4. The second-order valence-corrected chi connectivity index (χ2v) is 16.2. The van der Waals surface area contributed by atoms with E-state index < -0.39 is 0 Å². The fraction of sp³-hybridized carbons (Fsp3) is 0.0345. The predicted molar refractivity (Wildman–Crippen MR) is 251 cm³/mol. The fourth-order valence-corrected chi connectivity index (χ4v) is 9.82. The van der Waals surface area contributed by atoms with Crippen molar-refractivity contribution in [2.75, 3.05) is 0 Å². The average molecular weight is 779 g/mol. The van der Waals surface area contributed by atoms with Crippen LogP contribution in [-0.4, -0.2) is 9.97 Å². The largest absolute Gasteiger partial charge is 0.455 e. The maximum Gasteiger partial charge on any atom is 0.160 e. The standard InChI is InChI=1S/C58H38N2O/c1-58(42-21-6-3-7-22-42)50-30-12-10-25-48(50)55-49(29-16-31-51(55)58)53-36-52(59-57(60-53)38-18-4-2-5-19-38)41-34-39(44-26-14-20-37-17-8-9-23-43(37)44)33-40(35-41)45-27-15-28-47-46-24-11-13-32-54(46)61-56(45)47/h2-36H,1H3. The highest BCUT2D eigenvalue weighted by atomic mass is 16.3. The Kier molecular flexibility index (Phi) is 7.98. The fourth-order valence-electron chi connectivity index (χ4n) is 9.82. The van der Waals surface area contributed by atoms with Crippen LogP contribution in [0.5, 0.6) is 0 Å². The third kappa shape index (κ3) is 5.58. The minimum atomic E-state index is -0.333. The Balaban J connectivity index is 1.13. The first-order valence-corrected chi connectivity index (χ1v) is 20.9. The molecule has 0 saturated carbocycles. The summed E-state index contributed by atoms with van der Waals surface area (Å²) in [5.41, 5.74) is 16.8. The van der Waals surface area contributed by atoms with Gasteiger partial charge >= 0.3 is 0 Å². The summed E-state index contributed by atoms with van der Waals surface area (Å²) in [7, 11) is 0. The number of hydrogen-bond acceptors (Lipinski definition) is 3. The van der Waals surface area contributed by atoms with E-state index in [1.165, 1.54) is 38.6 Å². The van der Waals surface area contributed by atoms with Gasteiger partial charge in [-0.15, -0.1) is 0 Å². The highest BCUT2D eigenvalue weighted by Crippen LogP contribution is 2.55. The van der Waals surface area contributed by atoms with E-state index in [-0.39, 0.29) is 5.41 Å². The van der Waals surface area contributed by atoms with E-state index in [0.717, 1.165) is 72.3 Å². The Morgan fingerprint density at radius 1 is 0.393 bits per heavy atom. The number of para-hydroxylation sites is 2. The topological polar surface area (TPSA) is 38.9 Å². The molecule has 3 heteroatoms. The van der Waals surface area contributed by atoms with E-state index in [0.29, 0.717) is 5.82 Å². The van der Waals surface area contributed by atoms with E-state index >= 15 is 0 Å².